The summed E-state index contributed by atoms with van der Waals surface area (Å²) in [6.45, 7) is 10.5. The number of hydrogen-bond acceptors (Lipinski definition) is 3. The fraction of sp³-hybridized carbons (Fsp3) is 1.00. The third-order valence-corrected chi connectivity index (χ3v) is 4.22. The van der Waals surface area contributed by atoms with E-state index in [1.807, 2.05) is 0 Å². The zero-order chi connectivity index (χ0) is 13.5. The molecule has 2 atom stereocenters. The van der Waals surface area contributed by atoms with Crippen molar-refractivity contribution in [2.24, 2.45) is 0 Å². The molecule has 108 valence electrons. The molecule has 1 heterocycles. The molecule has 1 aliphatic rings. The lowest BCUT2D eigenvalue weighted by molar-refractivity contribution is 0.100. The Morgan fingerprint density at radius 2 is 2.06 bits per heavy atom. The number of nitrogens with one attached hydrogen (secondary N) is 1. The Kier molecular flexibility index (Phi) is 7.20. The van der Waals surface area contributed by atoms with Crippen molar-refractivity contribution in [3.63, 3.8) is 0 Å². The van der Waals surface area contributed by atoms with Crippen LogP contribution in [0.3, 0.4) is 0 Å². The number of piperidine rings is 1. The average molecular weight is 255 g/mol. The predicted molar refractivity (Wildman–Crippen MR) is 80.1 cm³/mol. The summed E-state index contributed by atoms with van der Waals surface area (Å²) in [6, 6.07) is 2.08. The normalized spacial score (nSPS) is 23.8. The van der Waals surface area contributed by atoms with E-state index in [2.05, 4.69) is 50.0 Å². The Hall–Kier alpha value is -0.120. The SMILES string of the molecule is CC(C)NCCCC(C)N(C)C1CCCN(C)C1. The number of likely N-dealkylation sites (tertiary alicyclic amines) is 1. The van der Waals surface area contributed by atoms with Crippen LogP contribution in [-0.2, 0) is 0 Å². The second-order valence-corrected chi connectivity index (χ2v) is 6.32. The smallest absolute Gasteiger partial charge is 0.0223 e. The summed E-state index contributed by atoms with van der Waals surface area (Å²) in [6.07, 6.45) is 5.31. The highest BCUT2D eigenvalue weighted by atomic mass is 15.2. The molecule has 0 saturated carbocycles. The van der Waals surface area contributed by atoms with E-state index in [4.69, 9.17) is 0 Å². The van der Waals surface area contributed by atoms with Gasteiger partial charge in [-0.15, -0.1) is 0 Å². The third kappa shape index (κ3) is 5.68. The molecule has 1 rings (SSSR count). The van der Waals surface area contributed by atoms with Gasteiger partial charge in [-0.1, -0.05) is 13.8 Å². The van der Waals surface area contributed by atoms with Gasteiger partial charge >= 0.3 is 0 Å². The molecule has 0 aromatic heterocycles. The maximum Gasteiger partial charge on any atom is 0.0223 e. The van der Waals surface area contributed by atoms with E-state index in [0.29, 0.717) is 12.1 Å². The van der Waals surface area contributed by atoms with Crippen molar-refractivity contribution in [1.29, 1.82) is 0 Å². The van der Waals surface area contributed by atoms with Crippen LogP contribution < -0.4 is 5.32 Å². The van der Waals surface area contributed by atoms with Crippen molar-refractivity contribution in [2.75, 3.05) is 33.7 Å². The van der Waals surface area contributed by atoms with E-state index in [-0.39, 0.29) is 0 Å². The van der Waals surface area contributed by atoms with Crippen LogP contribution >= 0.6 is 0 Å². The van der Waals surface area contributed by atoms with Gasteiger partial charge in [0.1, 0.15) is 0 Å². The molecule has 0 radical (unpaired) electrons. The highest BCUT2D eigenvalue weighted by molar-refractivity contribution is 4.80. The summed E-state index contributed by atoms with van der Waals surface area (Å²) in [5.41, 5.74) is 0. The highest BCUT2D eigenvalue weighted by Gasteiger charge is 2.23. The maximum atomic E-state index is 3.50. The van der Waals surface area contributed by atoms with Gasteiger partial charge in [0.25, 0.3) is 0 Å². The largest absolute Gasteiger partial charge is 0.315 e. The van der Waals surface area contributed by atoms with Crippen LogP contribution in [0, 0.1) is 0 Å². The van der Waals surface area contributed by atoms with Gasteiger partial charge in [-0.05, 0) is 59.8 Å². The van der Waals surface area contributed by atoms with E-state index in [9.17, 15) is 0 Å². The van der Waals surface area contributed by atoms with Crippen molar-refractivity contribution in [1.82, 2.24) is 15.1 Å². The van der Waals surface area contributed by atoms with Gasteiger partial charge in [0.05, 0.1) is 0 Å². The van der Waals surface area contributed by atoms with E-state index >= 15 is 0 Å². The van der Waals surface area contributed by atoms with Gasteiger partial charge in [0.15, 0.2) is 0 Å². The Morgan fingerprint density at radius 3 is 2.67 bits per heavy atom. The summed E-state index contributed by atoms with van der Waals surface area (Å²) < 4.78 is 0. The molecule has 0 bridgehead atoms. The van der Waals surface area contributed by atoms with Crippen LogP contribution in [0.1, 0.15) is 46.5 Å². The van der Waals surface area contributed by atoms with Crippen LogP contribution in [0.25, 0.3) is 0 Å². The molecule has 1 N–H and O–H groups in total. The summed E-state index contributed by atoms with van der Waals surface area (Å²) in [7, 11) is 4.56. The first-order valence-electron chi connectivity index (χ1n) is 7.64. The molecule has 0 spiro atoms. The molecule has 0 aliphatic carbocycles. The van der Waals surface area contributed by atoms with Crippen LogP contribution in [0.2, 0.25) is 0 Å². The third-order valence-electron chi connectivity index (χ3n) is 4.22. The second-order valence-electron chi connectivity index (χ2n) is 6.32. The molecule has 0 amide bonds. The highest BCUT2D eigenvalue weighted by Crippen LogP contribution is 2.17. The average Bonchev–Trinajstić information content (AvgIpc) is 2.33. The van der Waals surface area contributed by atoms with Crippen molar-refractivity contribution in [3.8, 4) is 0 Å². The monoisotopic (exact) mass is 255 g/mol. The van der Waals surface area contributed by atoms with Crippen LogP contribution in [0.4, 0.5) is 0 Å². The van der Waals surface area contributed by atoms with Crippen molar-refractivity contribution in [2.45, 2.75) is 64.6 Å². The minimum absolute atomic E-state index is 0.616. The van der Waals surface area contributed by atoms with Crippen molar-refractivity contribution < 1.29 is 0 Å². The second kappa shape index (κ2) is 8.13. The van der Waals surface area contributed by atoms with Crippen LogP contribution in [0.5, 0.6) is 0 Å². The Morgan fingerprint density at radius 1 is 1.33 bits per heavy atom. The van der Waals surface area contributed by atoms with Gasteiger partial charge in [-0.2, -0.15) is 0 Å². The lowest BCUT2D eigenvalue weighted by atomic mass is 10.0. The molecule has 0 aromatic carbocycles. The molecular formula is C15H33N3. The molecule has 1 fully saturated rings. The van der Waals surface area contributed by atoms with Crippen LogP contribution in [-0.4, -0.2) is 61.7 Å². The van der Waals surface area contributed by atoms with E-state index < -0.39 is 0 Å². The summed E-state index contributed by atoms with van der Waals surface area (Å²) in [5.74, 6) is 0. The number of hydrogen-bond donors (Lipinski definition) is 1. The zero-order valence-corrected chi connectivity index (χ0v) is 13.1. The Labute approximate surface area is 114 Å². The van der Waals surface area contributed by atoms with E-state index in [1.54, 1.807) is 0 Å². The lowest BCUT2D eigenvalue weighted by Crippen LogP contribution is -2.48. The predicted octanol–water partition coefficient (Wildman–Crippen LogP) is 2.18. The summed E-state index contributed by atoms with van der Waals surface area (Å²) >= 11 is 0. The van der Waals surface area contributed by atoms with Crippen molar-refractivity contribution >= 4 is 0 Å². The summed E-state index contributed by atoms with van der Waals surface area (Å²) in [4.78, 5) is 5.07. The first-order chi connectivity index (χ1) is 8.50. The molecule has 3 nitrogen and oxygen atoms in total. The Balaban J connectivity index is 2.21. The molecule has 18 heavy (non-hydrogen) atoms. The van der Waals surface area contributed by atoms with Gasteiger partial charge < -0.3 is 10.2 Å². The molecular weight excluding hydrogens is 222 g/mol. The number of rotatable bonds is 7. The molecule has 0 aromatic rings. The molecule has 3 heteroatoms. The van der Waals surface area contributed by atoms with Gasteiger partial charge in [0.2, 0.25) is 0 Å². The van der Waals surface area contributed by atoms with Crippen molar-refractivity contribution in [3.05, 3.63) is 0 Å². The van der Waals surface area contributed by atoms with E-state index in [1.165, 1.54) is 38.8 Å². The first kappa shape index (κ1) is 15.9. The zero-order valence-electron chi connectivity index (χ0n) is 13.1. The fourth-order valence-corrected chi connectivity index (χ4v) is 2.82. The van der Waals surface area contributed by atoms with Gasteiger partial charge in [-0.3, -0.25) is 4.90 Å². The molecule has 1 aliphatic heterocycles. The fourth-order valence-electron chi connectivity index (χ4n) is 2.82. The van der Waals surface area contributed by atoms with Gasteiger partial charge in [0, 0.05) is 24.7 Å². The minimum Gasteiger partial charge on any atom is -0.315 e. The number of likely N-dealkylation sites (N-methyl/N-ethyl adjacent to an activating group) is 2. The molecule has 2 unspecified atom stereocenters. The van der Waals surface area contributed by atoms with Crippen LogP contribution in [0.15, 0.2) is 0 Å². The first-order valence-corrected chi connectivity index (χ1v) is 7.64. The maximum absolute atomic E-state index is 3.50. The number of nitrogens with zero attached hydrogens (tertiary/aromatic N) is 2. The van der Waals surface area contributed by atoms with E-state index in [0.717, 1.165) is 12.6 Å². The summed E-state index contributed by atoms with van der Waals surface area (Å²) in [5, 5.41) is 3.50. The minimum atomic E-state index is 0.616. The lowest BCUT2D eigenvalue weighted by Gasteiger charge is -2.39. The quantitative estimate of drug-likeness (QED) is 0.704. The standard InChI is InChI=1S/C15H33N3/c1-13(2)16-10-6-8-14(3)18(5)15-9-7-11-17(4)12-15/h13-16H,6-12H2,1-5H3. The van der Waals surface area contributed by atoms with Gasteiger partial charge in [-0.25, -0.2) is 0 Å². The molecule has 1 saturated heterocycles. The topological polar surface area (TPSA) is 18.5 Å². The Bertz CT molecular complexity index is 218.